The summed E-state index contributed by atoms with van der Waals surface area (Å²) in [5.41, 5.74) is 0. The van der Waals surface area contributed by atoms with Gasteiger partial charge in [0.25, 0.3) is 0 Å². The molecule has 0 aromatic heterocycles. The third-order valence-corrected chi connectivity index (χ3v) is 13.2. The third kappa shape index (κ3) is 50.4. The second kappa shape index (κ2) is 49.2. The van der Waals surface area contributed by atoms with E-state index in [1.165, 1.54) is 103 Å². The molecule has 0 aliphatic carbocycles. The van der Waals surface area contributed by atoms with Crippen LogP contribution in [-0.4, -0.2) is 84.6 Å². The van der Waals surface area contributed by atoms with Crippen molar-refractivity contribution in [2.75, 3.05) is 40.9 Å². The first-order valence-electron chi connectivity index (χ1n) is 28.0. The van der Waals surface area contributed by atoms with Crippen LogP contribution in [-0.2, 0) is 18.4 Å². The molecule has 0 saturated carbocycles. The van der Waals surface area contributed by atoms with Crippen LogP contribution in [0.1, 0.15) is 226 Å². The molecule has 69 heavy (non-hydrogen) atoms. The maximum Gasteiger partial charge on any atom is 0.472 e. The van der Waals surface area contributed by atoms with Crippen molar-refractivity contribution < 1.29 is 38.0 Å². The van der Waals surface area contributed by atoms with E-state index < -0.39 is 32.7 Å². The van der Waals surface area contributed by atoms with E-state index in [9.17, 15) is 24.5 Å². The van der Waals surface area contributed by atoms with Crippen LogP contribution in [0.15, 0.2) is 85.1 Å². The molecule has 0 rings (SSSR count). The van der Waals surface area contributed by atoms with E-state index in [0.29, 0.717) is 17.4 Å². The van der Waals surface area contributed by atoms with Crippen molar-refractivity contribution >= 4 is 13.7 Å². The molecule has 10 heteroatoms. The summed E-state index contributed by atoms with van der Waals surface area (Å²) in [7, 11) is 1.43. The molecular weight excluding hydrogens is 880 g/mol. The van der Waals surface area contributed by atoms with Gasteiger partial charge in [0.2, 0.25) is 5.91 Å². The molecule has 400 valence electrons. The number of unbranched alkanes of at least 4 members (excludes halogenated alkanes) is 22. The maximum atomic E-state index is 13.0. The predicted octanol–water partition coefficient (Wildman–Crippen LogP) is 15.8. The van der Waals surface area contributed by atoms with Gasteiger partial charge in [-0.3, -0.25) is 13.8 Å². The standard InChI is InChI=1S/C59H107N2O7P/c1-6-8-10-12-14-16-18-20-21-22-23-24-25-26-27-28-29-30-31-32-33-34-35-36-37-38-39-40-42-44-46-48-50-52-58(63)60-56(55-68-69(65,66)67-54-53-61(3,4)5)59(64)57(62)51-49-47-45-43-41-19-17-15-13-11-9-7-2/h8,10,14,16,20-21,23-24,26-27,29-30,32-33,56-57,59,62,64H,6-7,9,11-13,15,17-19,22,25,28,31,34-55H2,1-5H3,(H-,60,63,65,66)/p+1/b10-8-,16-14-,21-20-,24-23-,27-26-,30-29-,33-32-. The minimum absolute atomic E-state index is 0.0180. The molecule has 9 nitrogen and oxygen atoms in total. The predicted molar refractivity (Wildman–Crippen MR) is 296 cm³/mol. The second-order valence-corrected chi connectivity index (χ2v) is 21.5. The van der Waals surface area contributed by atoms with Crippen molar-refractivity contribution in [2.45, 2.75) is 244 Å². The molecule has 4 atom stereocenters. The number of nitrogens with zero attached hydrogens (tertiary/aromatic N) is 1. The molecule has 0 radical (unpaired) electrons. The Morgan fingerprint density at radius 1 is 0.522 bits per heavy atom. The molecule has 4 N–H and O–H groups in total. The smallest absolute Gasteiger partial charge is 0.390 e. The van der Waals surface area contributed by atoms with E-state index >= 15 is 0 Å². The van der Waals surface area contributed by atoms with E-state index in [1.807, 2.05) is 21.1 Å². The Morgan fingerprint density at radius 3 is 1.32 bits per heavy atom. The molecule has 0 aliphatic heterocycles. The molecule has 0 aromatic rings. The first kappa shape index (κ1) is 66.6. The fraction of sp³-hybridized carbons (Fsp3) is 0.746. The monoisotopic (exact) mass is 988 g/mol. The molecule has 0 heterocycles. The van der Waals surface area contributed by atoms with Crippen LogP contribution < -0.4 is 5.32 Å². The normalized spacial score (nSPS) is 15.1. The Balaban J connectivity index is 4.19. The number of likely N-dealkylation sites (N-methyl/N-ethyl adjacent to an activating group) is 1. The molecule has 1 amide bonds. The lowest BCUT2D eigenvalue weighted by Gasteiger charge is -2.28. The van der Waals surface area contributed by atoms with Gasteiger partial charge in [0, 0.05) is 6.42 Å². The van der Waals surface area contributed by atoms with Crippen molar-refractivity contribution in [3.63, 3.8) is 0 Å². The zero-order valence-corrected chi connectivity index (χ0v) is 46.0. The van der Waals surface area contributed by atoms with Crippen molar-refractivity contribution in [3.05, 3.63) is 85.1 Å². The van der Waals surface area contributed by atoms with Crippen LogP contribution in [0.4, 0.5) is 0 Å². The number of phosphoric ester groups is 1. The highest BCUT2D eigenvalue weighted by Gasteiger charge is 2.32. The lowest BCUT2D eigenvalue weighted by molar-refractivity contribution is -0.870. The van der Waals surface area contributed by atoms with Crippen molar-refractivity contribution in [3.8, 4) is 0 Å². The number of phosphoric acid groups is 1. The highest BCUT2D eigenvalue weighted by atomic mass is 31.2. The Kier molecular flexibility index (Phi) is 47.5. The van der Waals surface area contributed by atoms with Gasteiger partial charge in [-0.25, -0.2) is 4.57 Å². The van der Waals surface area contributed by atoms with Gasteiger partial charge in [-0.05, 0) is 70.6 Å². The Morgan fingerprint density at radius 2 is 0.899 bits per heavy atom. The topological polar surface area (TPSA) is 125 Å². The summed E-state index contributed by atoms with van der Waals surface area (Å²) in [6.07, 6.45) is 65.2. The Labute approximate surface area is 425 Å². The number of rotatable bonds is 50. The van der Waals surface area contributed by atoms with Crippen LogP contribution in [0.25, 0.3) is 0 Å². The summed E-state index contributed by atoms with van der Waals surface area (Å²) in [6.45, 7) is 4.48. The SMILES string of the molecule is CC/C=C\C/C=C\C/C=C\C/C=C\C/C=C\C/C=C\C/C=C\CCCCCCCCCCCCCC(=O)NC(COP(=O)(O)OCC[N+](C)(C)C)C(O)C(O)CCCCCCCCCCCCCC. The van der Waals surface area contributed by atoms with Gasteiger partial charge in [-0.15, -0.1) is 0 Å². The quantitative estimate of drug-likeness (QED) is 0.0207. The number of aliphatic hydroxyl groups is 2. The molecule has 0 aliphatic rings. The summed E-state index contributed by atoms with van der Waals surface area (Å²) in [5.74, 6) is -0.265. The van der Waals surface area contributed by atoms with Crippen LogP contribution in [0.3, 0.4) is 0 Å². The molecule has 0 spiro atoms. The van der Waals surface area contributed by atoms with Gasteiger partial charge >= 0.3 is 7.82 Å². The zero-order valence-electron chi connectivity index (χ0n) is 45.1. The zero-order chi connectivity index (χ0) is 50.8. The van der Waals surface area contributed by atoms with Crippen LogP contribution in [0, 0.1) is 0 Å². The van der Waals surface area contributed by atoms with Crippen molar-refractivity contribution in [1.82, 2.24) is 5.32 Å². The number of quaternary nitrogens is 1. The highest BCUT2D eigenvalue weighted by molar-refractivity contribution is 7.47. The van der Waals surface area contributed by atoms with Crippen LogP contribution in [0.2, 0.25) is 0 Å². The van der Waals surface area contributed by atoms with Gasteiger partial charge < -0.3 is 24.9 Å². The van der Waals surface area contributed by atoms with Crippen molar-refractivity contribution in [1.29, 1.82) is 0 Å². The fourth-order valence-corrected chi connectivity index (χ4v) is 8.57. The number of allylic oxidation sites excluding steroid dienone is 14. The van der Waals surface area contributed by atoms with Crippen LogP contribution >= 0.6 is 7.82 Å². The molecular formula is C59H108N2O7P+. The summed E-state index contributed by atoms with van der Waals surface area (Å²) in [4.78, 5) is 23.3. The van der Waals surface area contributed by atoms with E-state index in [2.05, 4.69) is 104 Å². The number of hydrogen-bond acceptors (Lipinski definition) is 6. The molecule has 0 bridgehead atoms. The van der Waals surface area contributed by atoms with E-state index in [0.717, 1.165) is 96.3 Å². The Bertz CT molecular complexity index is 1420. The first-order chi connectivity index (χ1) is 33.4. The summed E-state index contributed by atoms with van der Waals surface area (Å²) in [6, 6.07) is -1.04. The molecule has 0 aromatic carbocycles. The van der Waals surface area contributed by atoms with Gasteiger partial charge in [0.15, 0.2) is 0 Å². The van der Waals surface area contributed by atoms with E-state index in [-0.39, 0.29) is 18.9 Å². The number of carbonyl (C=O) groups is 1. The average molecular weight is 988 g/mol. The number of nitrogens with one attached hydrogen (secondary N) is 1. The number of amides is 1. The average Bonchev–Trinajstić information content (AvgIpc) is 3.31. The summed E-state index contributed by atoms with van der Waals surface area (Å²) < 4.78 is 23.6. The van der Waals surface area contributed by atoms with Gasteiger partial charge in [-0.1, -0.05) is 234 Å². The van der Waals surface area contributed by atoms with Gasteiger partial charge in [-0.2, -0.15) is 0 Å². The second-order valence-electron chi connectivity index (χ2n) is 20.1. The highest BCUT2D eigenvalue weighted by Crippen LogP contribution is 2.43. The minimum Gasteiger partial charge on any atom is -0.390 e. The van der Waals surface area contributed by atoms with Crippen molar-refractivity contribution in [2.24, 2.45) is 0 Å². The molecule has 0 fully saturated rings. The Hall–Kier alpha value is -2.36. The molecule has 4 unspecified atom stereocenters. The van der Waals surface area contributed by atoms with Crippen LogP contribution in [0.5, 0.6) is 0 Å². The number of hydrogen-bond donors (Lipinski definition) is 4. The number of aliphatic hydroxyl groups excluding tert-OH is 2. The first-order valence-corrected chi connectivity index (χ1v) is 29.5. The lowest BCUT2D eigenvalue weighted by atomic mass is 9.99. The van der Waals surface area contributed by atoms with E-state index in [1.54, 1.807) is 0 Å². The summed E-state index contributed by atoms with van der Waals surface area (Å²) in [5, 5.41) is 24.8. The lowest BCUT2D eigenvalue weighted by Crippen LogP contribution is -2.51. The largest absolute Gasteiger partial charge is 0.472 e. The number of carbonyl (C=O) groups excluding carboxylic acids is 1. The summed E-state index contributed by atoms with van der Waals surface area (Å²) >= 11 is 0. The molecule has 0 saturated heterocycles. The van der Waals surface area contributed by atoms with Gasteiger partial charge in [0.05, 0.1) is 39.9 Å². The van der Waals surface area contributed by atoms with E-state index in [4.69, 9.17) is 9.05 Å². The maximum absolute atomic E-state index is 13.0. The van der Waals surface area contributed by atoms with Gasteiger partial charge in [0.1, 0.15) is 19.3 Å². The minimum atomic E-state index is -4.42. The fourth-order valence-electron chi connectivity index (χ4n) is 7.83. The third-order valence-electron chi connectivity index (χ3n) is 12.3.